The van der Waals surface area contributed by atoms with Gasteiger partial charge in [-0.05, 0) is 37.6 Å². The highest BCUT2D eigenvalue weighted by molar-refractivity contribution is 5.78. The molecule has 10 heteroatoms. The zero-order valence-electron chi connectivity index (χ0n) is 17.3. The molecule has 4 atom stereocenters. The molecule has 0 saturated heterocycles. The van der Waals surface area contributed by atoms with Gasteiger partial charge in [-0.15, -0.1) is 0 Å². The van der Waals surface area contributed by atoms with E-state index in [0.29, 0.717) is 17.8 Å². The van der Waals surface area contributed by atoms with E-state index in [9.17, 15) is 23.4 Å². The van der Waals surface area contributed by atoms with Crippen LogP contribution < -0.4 is 10.1 Å². The van der Waals surface area contributed by atoms with Crippen molar-refractivity contribution >= 4 is 11.0 Å². The number of alkyl halides is 2. The van der Waals surface area contributed by atoms with E-state index < -0.39 is 42.2 Å². The lowest BCUT2D eigenvalue weighted by atomic mass is 9.96. The Labute approximate surface area is 181 Å². The molecule has 3 heterocycles. The van der Waals surface area contributed by atoms with Gasteiger partial charge in [0.2, 0.25) is 0 Å². The lowest BCUT2D eigenvalue weighted by Crippen LogP contribution is -2.35. The number of rotatable bonds is 4. The van der Waals surface area contributed by atoms with Gasteiger partial charge in [-0.1, -0.05) is 0 Å². The monoisotopic (exact) mass is 448 g/mol. The maximum Gasteiger partial charge on any atom is 0.266 e. The highest BCUT2D eigenvalue weighted by atomic mass is 19.3. The second kappa shape index (κ2) is 8.02. The molecule has 1 saturated carbocycles. The largest absolute Gasteiger partial charge is 0.487 e. The second-order valence-corrected chi connectivity index (χ2v) is 8.32. The molecule has 32 heavy (non-hydrogen) atoms. The van der Waals surface area contributed by atoms with Crippen LogP contribution in [-0.4, -0.2) is 49.6 Å². The highest BCUT2D eigenvalue weighted by Crippen LogP contribution is 2.39. The Morgan fingerprint density at radius 1 is 1.22 bits per heavy atom. The fourth-order valence-electron chi connectivity index (χ4n) is 4.78. The van der Waals surface area contributed by atoms with Gasteiger partial charge in [0.15, 0.2) is 0 Å². The van der Waals surface area contributed by atoms with Crippen LogP contribution >= 0.6 is 0 Å². The molecule has 170 valence electrons. The Hall–Kier alpha value is -2.69. The summed E-state index contributed by atoms with van der Waals surface area (Å²) in [5.41, 5.74) is 1.38. The fraction of sp³-hybridized carbons (Fsp3) is 0.455. The molecule has 0 radical (unpaired) electrons. The number of aryl methyl sites for hydroxylation is 1. The molecular weight excluding hydrogens is 425 g/mol. The van der Waals surface area contributed by atoms with Crippen LogP contribution in [0.15, 0.2) is 24.7 Å². The van der Waals surface area contributed by atoms with E-state index in [1.54, 1.807) is 10.8 Å². The van der Waals surface area contributed by atoms with Crippen molar-refractivity contribution in [2.24, 2.45) is 0 Å². The molecule has 3 N–H and O–H groups in total. The summed E-state index contributed by atoms with van der Waals surface area (Å²) in [6, 6.07) is 2.32. The SMILES string of the molecule is Cc1ncnc2c1ccn2[C@@H]1CC(Oc2cc(C(F)F)c(F)c3c2CNCC3)[C@@H](O)[C@H]1O. The molecule has 1 aromatic carbocycles. The fourth-order valence-corrected chi connectivity index (χ4v) is 4.78. The number of benzene rings is 1. The predicted octanol–water partition coefficient (Wildman–Crippen LogP) is 2.58. The van der Waals surface area contributed by atoms with Gasteiger partial charge in [0.05, 0.1) is 17.3 Å². The van der Waals surface area contributed by atoms with Crippen LogP contribution in [0, 0.1) is 12.7 Å². The second-order valence-electron chi connectivity index (χ2n) is 8.32. The number of nitrogens with one attached hydrogen (secondary N) is 1. The molecule has 1 aliphatic heterocycles. The summed E-state index contributed by atoms with van der Waals surface area (Å²) >= 11 is 0. The molecule has 0 amide bonds. The van der Waals surface area contributed by atoms with Crippen LogP contribution in [0.1, 0.15) is 41.3 Å². The van der Waals surface area contributed by atoms with Gasteiger partial charge < -0.3 is 24.8 Å². The molecule has 2 aromatic heterocycles. The molecule has 1 aliphatic carbocycles. The van der Waals surface area contributed by atoms with E-state index in [4.69, 9.17) is 4.74 Å². The van der Waals surface area contributed by atoms with Crippen LogP contribution in [0.3, 0.4) is 0 Å². The van der Waals surface area contributed by atoms with Gasteiger partial charge in [0.25, 0.3) is 6.43 Å². The summed E-state index contributed by atoms with van der Waals surface area (Å²) < 4.78 is 49.2. The number of fused-ring (bicyclic) bond motifs is 2. The van der Waals surface area contributed by atoms with Crippen molar-refractivity contribution in [1.29, 1.82) is 0 Å². The third-order valence-electron chi connectivity index (χ3n) is 6.50. The van der Waals surface area contributed by atoms with E-state index in [1.165, 1.54) is 6.33 Å². The first-order valence-electron chi connectivity index (χ1n) is 10.5. The average Bonchev–Trinajstić information content (AvgIpc) is 3.33. The van der Waals surface area contributed by atoms with Gasteiger partial charge in [-0.3, -0.25) is 0 Å². The van der Waals surface area contributed by atoms with Crippen molar-refractivity contribution in [2.45, 2.75) is 57.1 Å². The minimum atomic E-state index is -2.99. The van der Waals surface area contributed by atoms with Crippen molar-refractivity contribution < 1.29 is 28.1 Å². The maximum absolute atomic E-state index is 14.6. The smallest absolute Gasteiger partial charge is 0.266 e. The predicted molar refractivity (Wildman–Crippen MR) is 109 cm³/mol. The van der Waals surface area contributed by atoms with Crippen LogP contribution in [0.5, 0.6) is 5.75 Å². The minimum absolute atomic E-state index is 0.108. The van der Waals surface area contributed by atoms with Crippen molar-refractivity contribution in [2.75, 3.05) is 6.54 Å². The number of aliphatic hydroxyl groups excluding tert-OH is 2. The normalized spacial score (nSPS) is 25.5. The summed E-state index contributed by atoms with van der Waals surface area (Å²) in [5, 5.41) is 25.4. The van der Waals surface area contributed by atoms with Gasteiger partial charge >= 0.3 is 0 Å². The molecule has 0 spiro atoms. The molecule has 0 bridgehead atoms. The molecule has 2 aliphatic rings. The first-order valence-corrected chi connectivity index (χ1v) is 10.5. The summed E-state index contributed by atoms with van der Waals surface area (Å²) in [5.74, 6) is -0.793. The Bertz CT molecular complexity index is 1170. The number of aromatic nitrogens is 3. The number of hydrogen-bond donors (Lipinski definition) is 3. The number of aliphatic hydroxyl groups is 2. The number of ether oxygens (including phenoxy) is 1. The van der Waals surface area contributed by atoms with Gasteiger partial charge in [0.1, 0.15) is 41.9 Å². The Morgan fingerprint density at radius 2 is 2.03 bits per heavy atom. The Morgan fingerprint density at radius 3 is 2.81 bits per heavy atom. The first-order chi connectivity index (χ1) is 15.4. The van der Waals surface area contributed by atoms with Crippen LogP contribution in [0.2, 0.25) is 0 Å². The van der Waals surface area contributed by atoms with E-state index >= 15 is 0 Å². The van der Waals surface area contributed by atoms with Crippen molar-refractivity contribution in [3.8, 4) is 5.75 Å². The highest BCUT2D eigenvalue weighted by Gasteiger charge is 2.45. The van der Waals surface area contributed by atoms with Crippen molar-refractivity contribution in [1.82, 2.24) is 19.9 Å². The summed E-state index contributed by atoms with van der Waals surface area (Å²) in [4.78, 5) is 8.46. The Kier molecular flexibility index (Phi) is 5.31. The van der Waals surface area contributed by atoms with Crippen molar-refractivity contribution in [3.05, 3.63) is 52.9 Å². The van der Waals surface area contributed by atoms with Gasteiger partial charge in [-0.2, -0.15) is 0 Å². The molecule has 7 nitrogen and oxygen atoms in total. The molecule has 1 fully saturated rings. The standard InChI is InChI=1S/C22H23F3N4O3/c1-10-11-3-5-29(22(11)28-9-27-10)15-7-17(20(31)19(15)30)32-16-6-13(21(24)25)18(23)12-2-4-26-8-14(12)16/h3,5-6,9,15,17,19-21,26,30-31H,2,4,7-8H2,1H3/t15-,17?,19+,20-/m1/s1. The zero-order valence-corrected chi connectivity index (χ0v) is 17.3. The average molecular weight is 448 g/mol. The van der Waals surface area contributed by atoms with Crippen LogP contribution in [0.4, 0.5) is 13.2 Å². The van der Waals surface area contributed by atoms with Gasteiger partial charge in [0, 0.05) is 30.1 Å². The van der Waals surface area contributed by atoms with E-state index in [1.807, 2.05) is 13.0 Å². The third-order valence-corrected chi connectivity index (χ3v) is 6.50. The quantitative estimate of drug-likeness (QED) is 0.568. The lowest BCUT2D eigenvalue weighted by Gasteiger charge is -2.26. The van der Waals surface area contributed by atoms with Gasteiger partial charge in [-0.25, -0.2) is 23.1 Å². The van der Waals surface area contributed by atoms with Crippen LogP contribution in [-0.2, 0) is 13.0 Å². The zero-order chi connectivity index (χ0) is 22.6. The van der Waals surface area contributed by atoms with Crippen LogP contribution in [0.25, 0.3) is 11.0 Å². The van der Waals surface area contributed by atoms with E-state index in [2.05, 4.69) is 15.3 Å². The summed E-state index contributed by atoms with van der Waals surface area (Å²) in [6.45, 7) is 2.61. The molecule has 3 aromatic rings. The topological polar surface area (TPSA) is 92.4 Å². The molecular formula is C22H23F3N4O3. The van der Waals surface area contributed by atoms with E-state index in [-0.39, 0.29) is 30.7 Å². The molecule has 1 unspecified atom stereocenters. The number of halogens is 3. The number of nitrogens with zero attached hydrogens (tertiary/aromatic N) is 3. The lowest BCUT2D eigenvalue weighted by molar-refractivity contribution is -0.0167. The summed E-state index contributed by atoms with van der Waals surface area (Å²) in [7, 11) is 0. The number of hydrogen-bond acceptors (Lipinski definition) is 6. The molecule has 5 rings (SSSR count). The van der Waals surface area contributed by atoms with Crippen molar-refractivity contribution in [3.63, 3.8) is 0 Å². The Balaban J connectivity index is 1.48. The third kappa shape index (κ3) is 3.33. The van der Waals surface area contributed by atoms with E-state index in [0.717, 1.165) is 17.1 Å². The summed E-state index contributed by atoms with van der Waals surface area (Å²) in [6.07, 6.45) is -2.57. The maximum atomic E-state index is 14.6. The minimum Gasteiger partial charge on any atom is -0.487 e. The first kappa shape index (κ1) is 21.2.